The number of esters is 1. The summed E-state index contributed by atoms with van der Waals surface area (Å²) in [5.74, 6) is 0.471. The second kappa shape index (κ2) is 6.11. The summed E-state index contributed by atoms with van der Waals surface area (Å²) in [6, 6.07) is 12.0. The van der Waals surface area contributed by atoms with E-state index in [1.165, 1.54) is 5.56 Å². The number of nitrogens with zero attached hydrogens (tertiary/aromatic N) is 1. The number of allylic oxidation sites excluding steroid dienone is 2. The molecule has 24 heavy (non-hydrogen) atoms. The van der Waals surface area contributed by atoms with E-state index in [0.717, 1.165) is 17.8 Å². The Morgan fingerprint density at radius 2 is 2.25 bits per heavy atom. The summed E-state index contributed by atoms with van der Waals surface area (Å²) in [5, 5.41) is 3.63. The van der Waals surface area contributed by atoms with Crippen LogP contribution in [0.15, 0.2) is 54.7 Å². The quantitative estimate of drug-likeness (QED) is 0.684. The normalized spacial score (nSPS) is 24.0. The Morgan fingerprint density at radius 1 is 1.33 bits per heavy atom. The predicted molar refractivity (Wildman–Crippen MR) is 93.0 cm³/mol. The predicted octanol–water partition coefficient (Wildman–Crippen LogP) is 4.08. The van der Waals surface area contributed by atoms with Crippen molar-refractivity contribution in [3.8, 4) is 0 Å². The van der Waals surface area contributed by atoms with Crippen molar-refractivity contribution in [3.63, 3.8) is 0 Å². The number of hydrogen-bond acceptors (Lipinski definition) is 4. The van der Waals surface area contributed by atoms with Crippen molar-refractivity contribution in [1.29, 1.82) is 0 Å². The van der Waals surface area contributed by atoms with Crippen LogP contribution in [0.25, 0.3) is 0 Å². The van der Waals surface area contributed by atoms with Crippen LogP contribution in [-0.4, -0.2) is 17.6 Å². The van der Waals surface area contributed by atoms with Crippen LogP contribution >= 0.6 is 0 Å². The Hall–Kier alpha value is -2.62. The van der Waals surface area contributed by atoms with Crippen molar-refractivity contribution < 1.29 is 9.53 Å². The Kier molecular flexibility index (Phi) is 3.81. The number of anilines is 1. The van der Waals surface area contributed by atoms with Gasteiger partial charge >= 0.3 is 5.97 Å². The second-order valence-electron chi connectivity index (χ2n) is 6.25. The lowest BCUT2D eigenvalue weighted by Gasteiger charge is -2.37. The lowest BCUT2D eigenvalue weighted by atomic mass is 9.78. The van der Waals surface area contributed by atoms with Gasteiger partial charge in [0, 0.05) is 17.8 Å². The van der Waals surface area contributed by atoms with Crippen LogP contribution in [0.1, 0.15) is 46.9 Å². The van der Waals surface area contributed by atoms with E-state index in [1.807, 2.05) is 43.5 Å². The third kappa shape index (κ3) is 2.48. The molecule has 4 heteroatoms. The first-order chi connectivity index (χ1) is 11.8. The minimum atomic E-state index is -0.259. The van der Waals surface area contributed by atoms with Crippen molar-refractivity contribution in [3.05, 3.63) is 71.6 Å². The number of carbonyl (C=O) groups is 1. The first-order valence-electron chi connectivity index (χ1n) is 8.43. The molecule has 122 valence electrons. The molecule has 1 aliphatic carbocycles. The van der Waals surface area contributed by atoms with Gasteiger partial charge in [0.15, 0.2) is 0 Å². The van der Waals surface area contributed by atoms with Gasteiger partial charge < -0.3 is 10.1 Å². The molecule has 0 spiro atoms. The average Bonchev–Trinajstić information content (AvgIpc) is 3.11. The summed E-state index contributed by atoms with van der Waals surface area (Å²) in [6.07, 6.45) is 7.35. The van der Waals surface area contributed by atoms with Crippen LogP contribution in [0.5, 0.6) is 0 Å². The van der Waals surface area contributed by atoms with E-state index < -0.39 is 0 Å². The molecular formula is C20H20N2O2. The fraction of sp³-hybridized carbons (Fsp3) is 0.300. The maximum Gasteiger partial charge on any atom is 0.338 e. The van der Waals surface area contributed by atoms with Gasteiger partial charge in [-0.15, -0.1) is 0 Å². The van der Waals surface area contributed by atoms with Crippen LogP contribution in [-0.2, 0) is 4.74 Å². The number of rotatable bonds is 3. The number of hydrogen-bond donors (Lipinski definition) is 1. The summed E-state index contributed by atoms with van der Waals surface area (Å²) in [6.45, 7) is 2.22. The highest BCUT2D eigenvalue weighted by molar-refractivity contribution is 5.90. The zero-order chi connectivity index (χ0) is 16.5. The van der Waals surface area contributed by atoms with Gasteiger partial charge in [-0.05, 0) is 55.2 Å². The molecule has 0 amide bonds. The topological polar surface area (TPSA) is 51.2 Å². The van der Waals surface area contributed by atoms with Crippen LogP contribution in [0.2, 0.25) is 0 Å². The molecule has 2 heterocycles. The van der Waals surface area contributed by atoms with Crippen molar-refractivity contribution in [2.75, 3.05) is 11.9 Å². The third-order valence-corrected chi connectivity index (χ3v) is 4.88. The van der Waals surface area contributed by atoms with Crippen molar-refractivity contribution in [2.45, 2.75) is 25.3 Å². The van der Waals surface area contributed by atoms with E-state index in [2.05, 4.69) is 28.5 Å². The molecule has 3 atom stereocenters. The summed E-state index contributed by atoms with van der Waals surface area (Å²) < 4.78 is 5.13. The SMILES string of the molecule is CCOC(=O)c1ccc2c(c1)[C@@H]1C=CC[C@@H]1[C@H](c1ccccn1)N2. The average molecular weight is 320 g/mol. The van der Waals surface area contributed by atoms with E-state index >= 15 is 0 Å². The van der Waals surface area contributed by atoms with Gasteiger partial charge in [0.05, 0.1) is 23.9 Å². The number of nitrogens with one attached hydrogen (secondary N) is 1. The van der Waals surface area contributed by atoms with Crippen LogP contribution in [0.4, 0.5) is 5.69 Å². The van der Waals surface area contributed by atoms with Crippen LogP contribution in [0.3, 0.4) is 0 Å². The summed E-state index contributed by atoms with van der Waals surface area (Å²) in [7, 11) is 0. The highest BCUT2D eigenvalue weighted by atomic mass is 16.5. The van der Waals surface area contributed by atoms with Gasteiger partial charge in [-0.25, -0.2) is 4.79 Å². The molecule has 2 aromatic rings. The smallest absolute Gasteiger partial charge is 0.338 e. The maximum absolute atomic E-state index is 12.0. The van der Waals surface area contributed by atoms with E-state index in [1.54, 1.807) is 0 Å². The molecule has 1 aromatic carbocycles. The first-order valence-corrected chi connectivity index (χ1v) is 8.43. The second-order valence-corrected chi connectivity index (χ2v) is 6.25. The zero-order valence-electron chi connectivity index (χ0n) is 13.6. The molecule has 1 aromatic heterocycles. The summed E-state index contributed by atoms with van der Waals surface area (Å²) >= 11 is 0. The third-order valence-electron chi connectivity index (χ3n) is 4.88. The van der Waals surface area contributed by atoms with Crippen LogP contribution < -0.4 is 5.32 Å². The minimum absolute atomic E-state index is 0.187. The molecule has 4 rings (SSSR count). The van der Waals surface area contributed by atoms with Gasteiger partial charge in [-0.3, -0.25) is 4.98 Å². The number of aromatic nitrogens is 1. The number of ether oxygens (including phenoxy) is 1. The van der Waals surface area contributed by atoms with Crippen LogP contribution in [0, 0.1) is 5.92 Å². The minimum Gasteiger partial charge on any atom is -0.462 e. The van der Waals surface area contributed by atoms with E-state index in [9.17, 15) is 4.79 Å². The fourth-order valence-corrected chi connectivity index (χ4v) is 3.79. The largest absolute Gasteiger partial charge is 0.462 e. The standard InChI is InChI=1S/C20H20N2O2/c1-2-24-20(23)13-9-10-17-16(12-13)14-6-5-7-15(14)19(22-17)18-8-3-4-11-21-18/h3-6,8-12,14-15,19,22H,2,7H2,1H3/t14-,15+,19-/m1/s1. The summed E-state index contributed by atoms with van der Waals surface area (Å²) in [4.78, 5) is 16.6. The van der Waals surface area contributed by atoms with Gasteiger partial charge in [0.25, 0.3) is 0 Å². The molecule has 0 fully saturated rings. The summed E-state index contributed by atoms with van der Waals surface area (Å²) in [5.41, 5.74) is 3.93. The number of pyridine rings is 1. The molecule has 1 aliphatic heterocycles. The highest BCUT2D eigenvalue weighted by Gasteiger charge is 2.38. The van der Waals surface area contributed by atoms with Gasteiger partial charge in [0.1, 0.15) is 0 Å². The lowest BCUT2D eigenvalue weighted by molar-refractivity contribution is 0.0526. The van der Waals surface area contributed by atoms with Gasteiger partial charge in [0.2, 0.25) is 0 Å². The van der Waals surface area contributed by atoms with Gasteiger partial charge in [-0.2, -0.15) is 0 Å². The monoisotopic (exact) mass is 320 g/mol. The van der Waals surface area contributed by atoms with E-state index in [0.29, 0.717) is 24.0 Å². The van der Waals surface area contributed by atoms with Gasteiger partial charge in [-0.1, -0.05) is 18.2 Å². The molecule has 0 saturated heterocycles. The molecule has 4 nitrogen and oxygen atoms in total. The number of benzene rings is 1. The number of fused-ring (bicyclic) bond motifs is 3. The zero-order valence-corrected chi connectivity index (χ0v) is 13.6. The Balaban J connectivity index is 1.72. The van der Waals surface area contributed by atoms with Crippen molar-refractivity contribution in [1.82, 2.24) is 4.98 Å². The van der Waals surface area contributed by atoms with E-state index in [4.69, 9.17) is 4.74 Å². The maximum atomic E-state index is 12.0. The Bertz CT molecular complexity index is 785. The van der Waals surface area contributed by atoms with Crippen molar-refractivity contribution in [2.24, 2.45) is 5.92 Å². The number of carbonyl (C=O) groups excluding carboxylic acids is 1. The Labute approximate surface area is 141 Å². The fourth-order valence-electron chi connectivity index (χ4n) is 3.79. The molecule has 2 aliphatic rings. The molecule has 0 unspecified atom stereocenters. The van der Waals surface area contributed by atoms with E-state index in [-0.39, 0.29) is 12.0 Å². The first kappa shape index (κ1) is 14.9. The molecular weight excluding hydrogens is 300 g/mol. The lowest BCUT2D eigenvalue weighted by Crippen LogP contribution is -2.29. The highest BCUT2D eigenvalue weighted by Crippen LogP contribution is 2.49. The van der Waals surface area contributed by atoms with Crippen molar-refractivity contribution >= 4 is 11.7 Å². The molecule has 0 radical (unpaired) electrons. The Morgan fingerprint density at radius 3 is 3.04 bits per heavy atom. The molecule has 0 bridgehead atoms. The molecule has 0 saturated carbocycles. The molecule has 1 N–H and O–H groups in total.